The van der Waals surface area contributed by atoms with Crippen molar-refractivity contribution in [2.75, 3.05) is 0 Å². The first-order valence-corrected chi connectivity index (χ1v) is 7.13. The van der Waals surface area contributed by atoms with Crippen LogP contribution in [0.15, 0.2) is 12.1 Å². The van der Waals surface area contributed by atoms with Crippen LogP contribution in [0.25, 0.3) is 0 Å². The first kappa shape index (κ1) is 14.9. The second-order valence-corrected chi connectivity index (χ2v) is 6.90. The first-order chi connectivity index (χ1) is 9.64. The number of hydrogen-bond acceptors (Lipinski definition) is 2. The minimum atomic E-state index is -1.41. The molecule has 1 aromatic rings. The van der Waals surface area contributed by atoms with Crippen molar-refractivity contribution in [3.05, 3.63) is 35.1 Å². The van der Waals surface area contributed by atoms with Gasteiger partial charge in [-0.15, -0.1) is 0 Å². The highest BCUT2D eigenvalue weighted by Crippen LogP contribution is 2.58. The molecule has 3 rings (SSSR count). The molecule has 114 valence electrons. The van der Waals surface area contributed by atoms with Crippen molar-refractivity contribution in [3.63, 3.8) is 0 Å². The van der Waals surface area contributed by atoms with Crippen LogP contribution < -0.4 is 0 Å². The number of benzene rings is 1. The van der Waals surface area contributed by atoms with Gasteiger partial charge in [-0.05, 0) is 51.7 Å². The van der Waals surface area contributed by atoms with E-state index >= 15 is 0 Å². The SMILES string of the molecule is CC1(C)OB([C@H]2C[C@@H]2c2ccc(F)c(F)c2F)OC1(C)C. The van der Waals surface area contributed by atoms with Gasteiger partial charge in [0.15, 0.2) is 17.5 Å². The second-order valence-electron chi connectivity index (χ2n) is 6.90. The van der Waals surface area contributed by atoms with Crippen LogP contribution in [0.4, 0.5) is 13.2 Å². The maximum absolute atomic E-state index is 13.8. The van der Waals surface area contributed by atoms with Gasteiger partial charge >= 0.3 is 7.12 Å². The van der Waals surface area contributed by atoms with E-state index in [4.69, 9.17) is 9.31 Å². The lowest BCUT2D eigenvalue weighted by molar-refractivity contribution is 0.00578. The van der Waals surface area contributed by atoms with E-state index in [2.05, 4.69) is 0 Å². The van der Waals surface area contributed by atoms with E-state index in [1.807, 2.05) is 27.7 Å². The standard InChI is InChI=1S/C15H18BF3O2/c1-14(2)15(3,4)21-16(20-14)10-7-9(10)8-5-6-11(17)13(19)12(8)18/h5-6,9-10H,7H2,1-4H3/t9-,10+/m1/s1. The molecule has 1 aliphatic carbocycles. The largest absolute Gasteiger partial charge is 0.461 e. The average Bonchev–Trinajstić information content (AvgIpc) is 3.10. The summed E-state index contributed by atoms with van der Waals surface area (Å²) in [6, 6.07) is 2.27. The summed E-state index contributed by atoms with van der Waals surface area (Å²) in [7, 11) is -0.437. The van der Waals surface area contributed by atoms with Crippen molar-refractivity contribution in [1.29, 1.82) is 0 Å². The van der Waals surface area contributed by atoms with Gasteiger partial charge < -0.3 is 9.31 Å². The van der Waals surface area contributed by atoms with Crippen molar-refractivity contribution in [3.8, 4) is 0 Å². The van der Waals surface area contributed by atoms with Gasteiger partial charge in [0.1, 0.15) is 0 Å². The third-order valence-corrected chi connectivity index (χ3v) is 4.93. The Kier molecular flexibility index (Phi) is 3.19. The molecule has 1 saturated heterocycles. The van der Waals surface area contributed by atoms with Gasteiger partial charge in [0.25, 0.3) is 0 Å². The molecule has 0 radical (unpaired) electrons. The molecule has 1 aliphatic heterocycles. The van der Waals surface area contributed by atoms with Crippen LogP contribution in [0.1, 0.15) is 45.6 Å². The monoisotopic (exact) mass is 298 g/mol. The summed E-state index contributed by atoms with van der Waals surface area (Å²) in [6.07, 6.45) is 0.652. The molecule has 21 heavy (non-hydrogen) atoms. The minimum absolute atomic E-state index is 0.0228. The molecule has 0 N–H and O–H groups in total. The fraction of sp³-hybridized carbons (Fsp3) is 0.600. The highest BCUT2D eigenvalue weighted by atomic mass is 19.2. The van der Waals surface area contributed by atoms with Crippen LogP contribution in [0, 0.1) is 17.5 Å². The highest BCUT2D eigenvalue weighted by molar-refractivity contribution is 6.49. The summed E-state index contributed by atoms with van der Waals surface area (Å²) < 4.78 is 52.0. The van der Waals surface area contributed by atoms with Gasteiger partial charge in [0.05, 0.1) is 11.2 Å². The molecule has 1 saturated carbocycles. The fourth-order valence-electron chi connectivity index (χ4n) is 2.76. The predicted molar refractivity (Wildman–Crippen MR) is 73.5 cm³/mol. The summed E-state index contributed by atoms with van der Waals surface area (Å²) >= 11 is 0. The van der Waals surface area contributed by atoms with Gasteiger partial charge in [-0.2, -0.15) is 0 Å². The smallest absolute Gasteiger partial charge is 0.403 e. The van der Waals surface area contributed by atoms with Crippen molar-refractivity contribution in [2.45, 2.75) is 57.1 Å². The van der Waals surface area contributed by atoms with E-state index in [0.717, 1.165) is 6.07 Å². The van der Waals surface area contributed by atoms with Crippen molar-refractivity contribution in [2.24, 2.45) is 0 Å². The van der Waals surface area contributed by atoms with Crippen LogP contribution in [-0.4, -0.2) is 18.3 Å². The van der Waals surface area contributed by atoms with Crippen molar-refractivity contribution in [1.82, 2.24) is 0 Å². The van der Waals surface area contributed by atoms with Crippen LogP contribution in [0.5, 0.6) is 0 Å². The summed E-state index contributed by atoms with van der Waals surface area (Å²) in [4.78, 5) is 0. The van der Waals surface area contributed by atoms with Crippen LogP contribution >= 0.6 is 0 Å². The molecule has 2 atom stereocenters. The zero-order chi connectivity index (χ0) is 15.6. The lowest BCUT2D eigenvalue weighted by atomic mass is 9.79. The Bertz CT molecular complexity index is 573. The molecule has 6 heteroatoms. The van der Waals surface area contributed by atoms with Crippen LogP contribution in [0.3, 0.4) is 0 Å². The lowest BCUT2D eigenvalue weighted by Gasteiger charge is -2.32. The maximum atomic E-state index is 13.8. The molecule has 0 spiro atoms. The third kappa shape index (κ3) is 2.29. The molecule has 0 amide bonds. The van der Waals surface area contributed by atoms with E-state index in [9.17, 15) is 13.2 Å². The topological polar surface area (TPSA) is 18.5 Å². The van der Waals surface area contributed by atoms with Gasteiger partial charge in [0.2, 0.25) is 0 Å². The molecular weight excluding hydrogens is 280 g/mol. The van der Waals surface area contributed by atoms with E-state index in [0.29, 0.717) is 6.42 Å². The van der Waals surface area contributed by atoms with Crippen molar-refractivity contribution < 1.29 is 22.5 Å². The normalized spacial score (nSPS) is 29.8. The summed E-state index contributed by atoms with van der Waals surface area (Å²) in [5, 5.41) is 0. The van der Waals surface area contributed by atoms with E-state index < -0.39 is 35.8 Å². The summed E-state index contributed by atoms with van der Waals surface area (Å²) in [6.45, 7) is 7.79. The fourth-order valence-corrected chi connectivity index (χ4v) is 2.76. The first-order valence-electron chi connectivity index (χ1n) is 7.13. The summed E-state index contributed by atoms with van der Waals surface area (Å²) in [5.41, 5.74) is -0.692. The minimum Gasteiger partial charge on any atom is -0.403 e. The van der Waals surface area contributed by atoms with Gasteiger partial charge in [-0.25, -0.2) is 13.2 Å². The zero-order valence-corrected chi connectivity index (χ0v) is 12.5. The number of rotatable bonds is 2. The average molecular weight is 298 g/mol. The Balaban J connectivity index is 1.78. The van der Waals surface area contributed by atoms with Gasteiger partial charge in [0, 0.05) is 5.82 Å². The Labute approximate surface area is 122 Å². The molecule has 0 bridgehead atoms. The third-order valence-electron chi connectivity index (χ3n) is 4.93. The Morgan fingerprint density at radius 2 is 1.57 bits per heavy atom. The molecule has 2 aliphatic rings. The molecule has 2 nitrogen and oxygen atoms in total. The highest BCUT2D eigenvalue weighted by Gasteiger charge is 2.60. The molecule has 1 aromatic carbocycles. The number of halogens is 3. The Morgan fingerprint density at radius 3 is 2.14 bits per heavy atom. The molecular formula is C15H18BF3O2. The maximum Gasteiger partial charge on any atom is 0.461 e. The quantitative estimate of drug-likeness (QED) is 0.605. The number of hydrogen-bond donors (Lipinski definition) is 0. The molecule has 1 heterocycles. The summed E-state index contributed by atoms with van der Waals surface area (Å²) in [5.74, 6) is -3.88. The predicted octanol–water partition coefficient (Wildman–Crippen LogP) is 4.05. The lowest BCUT2D eigenvalue weighted by Crippen LogP contribution is -2.41. The van der Waals surface area contributed by atoms with E-state index in [1.54, 1.807) is 0 Å². The van der Waals surface area contributed by atoms with E-state index in [-0.39, 0.29) is 17.3 Å². The van der Waals surface area contributed by atoms with E-state index in [1.165, 1.54) is 6.07 Å². The molecule has 0 unspecified atom stereocenters. The molecule has 2 fully saturated rings. The Morgan fingerprint density at radius 1 is 1.00 bits per heavy atom. The zero-order valence-electron chi connectivity index (χ0n) is 12.5. The molecule has 0 aromatic heterocycles. The van der Waals surface area contributed by atoms with Crippen LogP contribution in [-0.2, 0) is 9.31 Å². The van der Waals surface area contributed by atoms with Gasteiger partial charge in [-0.1, -0.05) is 6.07 Å². The van der Waals surface area contributed by atoms with Crippen molar-refractivity contribution >= 4 is 7.12 Å². The van der Waals surface area contributed by atoms with Crippen LogP contribution in [0.2, 0.25) is 5.82 Å². The Hall–Kier alpha value is -1.01. The second kappa shape index (κ2) is 4.49. The van der Waals surface area contributed by atoms with Gasteiger partial charge in [-0.3, -0.25) is 0 Å².